The molecule has 0 bridgehead atoms. The van der Waals surface area contributed by atoms with Crippen molar-refractivity contribution in [2.45, 2.75) is 17.4 Å². The van der Waals surface area contributed by atoms with Gasteiger partial charge in [0.2, 0.25) is 0 Å². The van der Waals surface area contributed by atoms with E-state index in [-0.39, 0.29) is 15.4 Å². The predicted molar refractivity (Wildman–Crippen MR) is 134 cm³/mol. The number of ether oxygens (including phenoxy) is 1. The number of alkyl halides is 6. The molecule has 0 radical (unpaired) electrons. The Bertz CT molecular complexity index is 1820. The quantitative estimate of drug-likeness (QED) is 0.165. The molecule has 0 amide bonds. The fourth-order valence-electron chi connectivity index (χ4n) is 3.80. The average molecular weight is 656 g/mol. The van der Waals surface area contributed by atoms with E-state index in [1.54, 1.807) is 36.4 Å². The van der Waals surface area contributed by atoms with E-state index in [0.29, 0.717) is 20.8 Å². The average Bonchev–Trinajstić information content (AvgIpc) is 2.85. The van der Waals surface area contributed by atoms with E-state index in [0.717, 1.165) is 0 Å². The van der Waals surface area contributed by atoms with Crippen molar-refractivity contribution < 1.29 is 47.9 Å². The van der Waals surface area contributed by atoms with Crippen LogP contribution in [-0.4, -0.2) is 49.5 Å². The predicted octanol–water partition coefficient (Wildman–Crippen LogP) is 4.99. The monoisotopic (exact) mass is 657 g/mol. The number of methoxy groups -OCH3 is 1. The Balaban J connectivity index is 2.04. The summed E-state index contributed by atoms with van der Waals surface area (Å²) in [6.07, 6.45) is -1.92. The summed E-state index contributed by atoms with van der Waals surface area (Å²) in [4.78, 5) is 13.4. The summed E-state index contributed by atoms with van der Waals surface area (Å²) in [6.45, 7) is 0. The van der Waals surface area contributed by atoms with Crippen LogP contribution in [0.3, 0.4) is 0 Å². The minimum atomic E-state index is -7.01. The molecule has 1 aromatic heterocycles. The van der Waals surface area contributed by atoms with E-state index in [2.05, 4.69) is 0 Å². The van der Waals surface area contributed by atoms with Crippen LogP contribution in [0.1, 0.15) is 5.56 Å². The zero-order valence-corrected chi connectivity index (χ0v) is 22.8. The molecular weight excluding hydrogens is 641 g/mol. The molecule has 4 aromatic rings. The molecule has 4 rings (SSSR count). The maximum atomic E-state index is 13.4. The van der Waals surface area contributed by atoms with Gasteiger partial charge >= 0.3 is 224 Å². The number of fused-ring (bicyclic) bond motifs is 2. The molecular formula is C24H15F6O6S2Se-. The number of sulfone groups is 2. The van der Waals surface area contributed by atoms with Gasteiger partial charge in [-0.1, -0.05) is 0 Å². The van der Waals surface area contributed by atoms with E-state index in [4.69, 9.17) is 4.74 Å². The first-order valence-electron chi connectivity index (χ1n) is 10.6. The Morgan fingerprint density at radius 2 is 1.38 bits per heavy atom. The second-order valence-corrected chi connectivity index (χ2v) is 14.5. The molecule has 15 heteroatoms. The van der Waals surface area contributed by atoms with Crippen LogP contribution in [-0.2, 0) is 26.1 Å². The Labute approximate surface area is 223 Å². The molecule has 0 aliphatic rings. The molecule has 0 aliphatic heterocycles. The zero-order chi connectivity index (χ0) is 29.0. The van der Waals surface area contributed by atoms with Gasteiger partial charge in [0, 0.05) is 0 Å². The summed E-state index contributed by atoms with van der Waals surface area (Å²) in [5.74, 6) is 0.509. The summed E-state index contributed by atoms with van der Waals surface area (Å²) in [7, 11) is -12.6. The number of halogens is 6. The van der Waals surface area contributed by atoms with Crippen LogP contribution in [0.2, 0.25) is 0 Å². The molecule has 1 heterocycles. The molecule has 6 nitrogen and oxygen atoms in total. The van der Waals surface area contributed by atoms with Crippen molar-refractivity contribution in [2.75, 3.05) is 7.11 Å². The van der Waals surface area contributed by atoms with Crippen molar-refractivity contribution in [3.8, 4) is 15.8 Å². The van der Waals surface area contributed by atoms with Gasteiger partial charge in [-0.2, -0.15) is 0 Å². The number of hydrogen-bond donors (Lipinski definition) is 0. The van der Waals surface area contributed by atoms with Gasteiger partial charge in [0.25, 0.3) is 0 Å². The first-order chi connectivity index (χ1) is 18.0. The first-order valence-corrected chi connectivity index (χ1v) is 15.3. The van der Waals surface area contributed by atoms with Crippen LogP contribution in [0.4, 0.5) is 26.3 Å². The summed E-state index contributed by atoms with van der Waals surface area (Å²) < 4.78 is 132. The third-order valence-corrected chi connectivity index (χ3v) is 12.4. The topological polar surface area (TPSA) is 94.6 Å². The third-order valence-electron chi connectivity index (χ3n) is 5.73. The molecule has 208 valence electrons. The van der Waals surface area contributed by atoms with E-state index in [9.17, 15) is 48.0 Å². The molecule has 0 aliphatic carbocycles. The maximum absolute atomic E-state index is 13.4. The molecule has 0 spiro atoms. The molecule has 0 fully saturated rings. The van der Waals surface area contributed by atoms with Crippen molar-refractivity contribution in [3.05, 3.63) is 81.0 Å². The first kappa shape index (κ1) is 29.1. The zero-order valence-electron chi connectivity index (χ0n) is 19.4. The molecule has 0 unspecified atom stereocenters. The van der Waals surface area contributed by atoms with Gasteiger partial charge in [0.05, 0.1) is 0 Å². The summed E-state index contributed by atoms with van der Waals surface area (Å²) in [6, 6.07) is 15.2. The van der Waals surface area contributed by atoms with Crippen molar-refractivity contribution in [1.82, 2.24) is 0 Å². The molecule has 0 N–H and O–H groups in total. The summed E-state index contributed by atoms with van der Waals surface area (Å²) >= 11 is -0.922. The van der Waals surface area contributed by atoms with Crippen molar-refractivity contribution >= 4 is 54.6 Å². The van der Waals surface area contributed by atoms with Crippen LogP contribution >= 0.6 is 0 Å². The molecule has 0 saturated heterocycles. The SMILES string of the molecule is COc1ccc2cc(-c3[se]c4ccccc4c(=O)c3C[C-](S(=O)(=O)C(F)(F)F)S(=O)(=O)C(F)(F)F)ccc2c1. The van der Waals surface area contributed by atoms with Crippen LogP contribution in [0, 0.1) is 4.58 Å². The van der Waals surface area contributed by atoms with E-state index in [1.807, 2.05) is 0 Å². The normalized spacial score (nSPS) is 13.3. The van der Waals surface area contributed by atoms with Gasteiger partial charge in [0.15, 0.2) is 0 Å². The fraction of sp³-hybridized carbons (Fsp3) is 0.167. The van der Waals surface area contributed by atoms with Crippen molar-refractivity contribution in [1.29, 1.82) is 0 Å². The van der Waals surface area contributed by atoms with Crippen molar-refractivity contribution in [3.63, 3.8) is 0 Å². The summed E-state index contributed by atoms with van der Waals surface area (Å²) in [5.41, 5.74) is -14.4. The standard InChI is InChI=1S/C24H15F6O6S2Se/c1-36-16-9-8-13-10-15(7-6-14(13)11-16)22-18(21(31)17-4-2-3-5-19(17)39-22)12-20(37(32,33)23(25,26)27)38(34,35)24(28,29)30/h2-11H,12H2,1H3/q-1. The van der Waals surface area contributed by atoms with Crippen LogP contribution in [0.5, 0.6) is 5.75 Å². The Hall–Kier alpha value is -2.87. The van der Waals surface area contributed by atoms with Crippen molar-refractivity contribution in [2.24, 2.45) is 0 Å². The van der Waals surface area contributed by atoms with Crippen LogP contribution in [0.25, 0.3) is 30.4 Å². The second kappa shape index (κ2) is 9.95. The van der Waals surface area contributed by atoms with Gasteiger partial charge in [0.1, 0.15) is 0 Å². The van der Waals surface area contributed by atoms with E-state index in [1.165, 1.54) is 31.4 Å². The molecule has 0 atom stereocenters. The molecule has 39 heavy (non-hydrogen) atoms. The molecule has 3 aromatic carbocycles. The Morgan fingerprint density at radius 1 is 0.821 bits per heavy atom. The number of hydrogen-bond acceptors (Lipinski definition) is 6. The number of rotatable bonds is 6. The van der Waals surface area contributed by atoms with E-state index >= 15 is 0 Å². The van der Waals surface area contributed by atoms with Crippen LogP contribution in [0.15, 0.2) is 65.5 Å². The van der Waals surface area contributed by atoms with Gasteiger partial charge in [-0.25, -0.2) is 0 Å². The van der Waals surface area contributed by atoms with Gasteiger partial charge in [-0.05, 0) is 0 Å². The Kier molecular flexibility index (Phi) is 7.43. The third kappa shape index (κ3) is 5.20. The van der Waals surface area contributed by atoms with Gasteiger partial charge in [-0.3, -0.25) is 0 Å². The second-order valence-electron chi connectivity index (χ2n) is 8.11. The number of benzene rings is 3. The molecule has 0 saturated carbocycles. The summed E-state index contributed by atoms with van der Waals surface area (Å²) in [5, 5.41) is 1.15. The van der Waals surface area contributed by atoms with Crippen LogP contribution < -0.4 is 10.2 Å². The van der Waals surface area contributed by atoms with E-state index < -0.39 is 67.2 Å². The van der Waals surface area contributed by atoms with Gasteiger partial charge in [-0.15, -0.1) is 0 Å². The van der Waals surface area contributed by atoms with Gasteiger partial charge < -0.3 is 0 Å². The fourth-order valence-corrected chi connectivity index (χ4v) is 9.17. The Morgan fingerprint density at radius 3 is 1.97 bits per heavy atom. The minimum absolute atomic E-state index is 0.0452.